The first kappa shape index (κ1) is 11.4. The Morgan fingerprint density at radius 2 is 2.25 bits per heavy atom. The lowest BCUT2D eigenvalue weighted by atomic mass is 9.75. The second-order valence-electron chi connectivity index (χ2n) is 4.78. The normalized spacial score (nSPS) is 22.6. The minimum absolute atomic E-state index is 0.0690. The summed E-state index contributed by atoms with van der Waals surface area (Å²) in [6.07, 6.45) is 0. The van der Waals surface area contributed by atoms with Gasteiger partial charge in [0.05, 0.1) is 6.61 Å². The van der Waals surface area contributed by atoms with Gasteiger partial charge in [-0.05, 0) is 38.5 Å². The summed E-state index contributed by atoms with van der Waals surface area (Å²) in [4.78, 5) is 0. The van der Waals surface area contributed by atoms with Crippen LogP contribution in [0.15, 0.2) is 18.2 Å². The average molecular weight is 223 g/mol. The lowest BCUT2D eigenvalue weighted by Crippen LogP contribution is -2.59. The van der Waals surface area contributed by atoms with Gasteiger partial charge in [-0.15, -0.1) is 0 Å². The van der Waals surface area contributed by atoms with Crippen molar-refractivity contribution in [1.29, 1.82) is 0 Å². The van der Waals surface area contributed by atoms with E-state index in [4.69, 9.17) is 4.74 Å². The molecule has 1 unspecified atom stereocenters. The first-order valence-electron chi connectivity index (χ1n) is 5.72. The fraction of sp³-hybridized carbons (Fsp3) is 0.538. The fourth-order valence-electron chi connectivity index (χ4n) is 2.15. The van der Waals surface area contributed by atoms with Crippen molar-refractivity contribution in [2.45, 2.75) is 32.2 Å². The van der Waals surface area contributed by atoms with E-state index in [1.165, 1.54) is 0 Å². The Balaban J connectivity index is 2.21. The zero-order chi connectivity index (χ0) is 11.8. The summed E-state index contributed by atoms with van der Waals surface area (Å²) in [7, 11) is 0. The molecule has 1 aliphatic heterocycles. The van der Waals surface area contributed by atoms with Crippen LogP contribution in [0, 0.1) is 5.82 Å². The van der Waals surface area contributed by atoms with Gasteiger partial charge in [-0.25, -0.2) is 4.39 Å². The third kappa shape index (κ3) is 1.92. The number of rotatable bonds is 3. The summed E-state index contributed by atoms with van der Waals surface area (Å²) in [6.45, 7) is 7.53. The highest BCUT2D eigenvalue weighted by Crippen LogP contribution is 2.36. The third-order valence-electron chi connectivity index (χ3n) is 3.29. The van der Waals surface area contributed by atoms with E-state index in [1.807, 2.05) is 13.0 Å². The van der Waals surface area contributed by atoms with E-state index in [1.54, 1.807) is 12.1 Å². The Morgan fingerprint density at radius 3 is 2.69 bits per heavy atom. The third-order valence-corrected chi connectivity index (χ3v) is 3.29. The summed E-state index contributed by atoms with van der Waals surface area (Å²) in [5, 5.41) is 3.34. The molecule has 1 fully saturated rings. The Kier molecular flexibility index (Phi) is 2.89. The molecule has 0 amide bonds. The predicted octanol–water partition coefficient (Wildman–Crippen LogP) is 2.69. The Bertz CT molecular complexity index is 390. The van der Waals surface area contributed by atoms with Gasteiger partial charge in [0, 0.05) is 18.0 Å². The minimum atomic E-state index is -0.262. The maximum Gasteiger partial charge on any atom is 0.165 e. The van der Waals surface area contributed by atoms with Crippen molar-refractivity contribution in [2.75, 3.05) is 13.2 Å². The molecule has 3 heteroatoms. The molecule has 0 spiro atoms. The summed E-state index contributed by atoms with van der Waals surface area (Å²) >= 11 is 0. The molecule has 0 saturated carbocycles. The molecule has 88 valence electrons. The summed E-state index contributed by atoms with van der Waals surface area (Å²) in [5.41, 5.74) is 1.12. The molecular formula is C13H18FNO. The van der Waals surface area contributed by atoms with E-state index in [-0.39, 0.29) is 11.4 Å². The maximum atomic E-state index is 13.7. The highest BCUT2D eigenvalue weighted by Gasteiger charge is 2.39. The van der Waals surface area contributed by atoms with Crippen LogP contribution >= 0.6 is 0 Å². The summed E-state index contributed by atoms with van der Waals surface area (Å²) in [6, 6.07) is 5.28. The zero-order valence-electron chi connectivity index (χ0n) is 10.0. The molecule has 0 radical (unpaired) electrons. The van der Waals surface area contributed by atoms with Crippen molar-refractivity contribution < 1.29 is 9.13 Å². The Morgan fingerprint density at radius 1 is 1.50 bits per heavy atom. The van der Waals surface area contributed by atoms with Gasteiger partial charge in [-0.3, -0.25) is 0 Å². The van der Waals surface area contributed by atoms with Gasteiger partial charge >= 0.3 is 0 Å². The molecule has 2 nitrogen and oxygen atoms in total. The molecule has 2 rings (SSSR count). The van der Waals surface area contributed by atoms with Crippen molar-refractivity contribution in [3.05, 3.63) is 29.6 Å². The van der Waals surface area contributed by atoms with E-state index >= 15 is 0 Å². The predicted molar refractivity (Wildman–Crippen MR) is 62.4 cm³/mol. The standard InChI is InChI=1S/C13H18FNO/c1-4-16-12-6-5-9(7-11(12)14)10-8-15-13(10,2)3/h5-7,10,15H,4,8H2,1-3H3. The van der Waals surface area contributed by atoms with Crippen molar-refractivity contribution in [1.82, 2.24) is 5.32 Å². The van der Waals surface area contributed by atoms with Gasteiger partial charge in [0.2, 0.25) is 0 Å². The Labute approximate surface area is 95.8 Å². The molecule has 1 N–H and O–H groups in total. The van der Waals surface area contributed by atoms with Crippen LogP contribution in [-0.4, -0.2) is 18.7 Å². The molecule has 1 aliphatic rings. The summed E-state index contributed by atoms with van der Waals surface area (Å²) in [5.74, 6) is 0.469. The highest BCUT2D eigenvalue weighted by molar-refractivity contribution is 5.34. The van der Waals surface area contributed by atoms with Crippen molar-refractivity contribution >= 4 is 0 Å². The van der Waals surface area contributed by atoms with Crippen molar-refractivity contribution in [3.63, 3.8) is 0 Å². The number of hydrogen-bond donors (Lipinski definition) is 1. The second-order valence-corrected chi connectivity index (χ2v) is 4.78. The van der Waals surface area contributed by atoms with E-state index in [0.717, 1.165) is 12.1 Å². The molecule has 1 aromatic rings. The van der Waals surface area contributed by atoms with Gasteiger partial charge in [0.15, 0.2) is 11.6 Å². The highest BCUT2D eigenvalue weighted by atomic mass is 19.1. The van der Waals surface area contributed by atoms with Gasteiger partial charge in [0.25, 0.3) is 0 Å². The van der Waals surface area contributed by atoms with Crippen LogP contribution < -0.4 is 10.1 Å². The number of nitrogens with one attached hydrogen (secondary N) is 1. The van der Waals surface area contributed by atoms with Crippen LogP contribution in [0.5, 0.6) is 5.75 Å². The topological polar surface area (TPSA) is 21.3 Å². The van der Waals surface area contributed by atoms with E-state index in [9.17, 15) is 4.39 Å². The second kappa shape index (κ2) is 4.06. The van der Waals surface area contributed by atoms with Gasteiger partial charge in [-0.2, -0.15) is 0 Å². The lowest BCUT2D eigenvalue weighted by Gasteiger charge is -2.46. The number of hydrogen-bond acceptors (Lipinski definition) is 2. The summed E-state index contributed by atoms with van der Waals surface area (Å²) < 4.78 is 18.8. The fourth-order valence-corrected chi connectivity index (χ4v) is 2.15. The minimum Gasteiger partial charge on any atom is -0.491 e. The molecule has 1 aromatic carbocycles. The van der Waals surface area contributed by atoms with Crippen LogP contribution in [0.3, 0.4) is 0 Å². The molecule has 1 heterocycles. The maximum absolute atomic E-state index is 13.7. The molecule has 1 atom stereocenters. The number of halogens is 1. The van der Waals surface area contributed by atoms with Crippen molar-refractivity contribution in [2.24, 2.45) is 0 Å². The number of ether oxygens (including phenoxy) is 1. The zero-order valence-corrected chi connectivity index (χ0v) is 10.0. The molecular weight excluding hydrogens is 205 g/mol. The van der Waals surface area contributed by atoms with Crippen LogP contribution in [0.4, 0.5) is 4.39 Å². The van der Waals surface area contributed by atoms with Crippen LogP contribution in [0.1, 0.15) is 32.3 Å². The largest absolute Gasteiger partial charge is 0.491 e. The molecule has 0 aliphatic carbocycles. The van der Waals surface area contributed by atoms with Gasteiger partial charge in [-0.1, -0.05) is 6.07 Å². The van der Waals surface area contributed by atoms with Crippen LogP contribution in [0.25, 0.3) is 0 Å². The van der Waals surface area contributed by atoms with Gasteiger partial charge < -0.3 is 10.1 Å². The van der Waals surface area contributed by atoms with E-state index in [0.29, 0.717) is 18.3 Å². The van der Waals surface area contributed by atoms with E-state index < -0.39 is 0 Å². The van der Waals surface area contributed by atoms with Crippen molar-refractivity contribution in [3.8, 4) is 5.75 Å². The monoisotopic (exact) mass is 223 g/mol. The molecule has 1 saturated heterocycles. The quantitative estimate of drug-likeness (QED) is 0.850. The Hall–Kier alpha value is -1.09. The van der Waals surface area contributed by atoms with E-state index in [2.05, 4.69) is 19.2 Å². The first-order valence-corrected chi connectivity index (χ1v) is 5.72. The lowest BCUT2D eigenvalue weighted by molar-refractivity contribution is 0.207. The smallest absolute Gasteiger partial charge is 0.165 e. The molecule has 16 heavy (non-hydrogen) atoms. The van der Waals surface area contributed by atoms with Crippen LogP contribution in [0.2, 0.25) is 0 Å². The van der Waals surface area contributed by atoms with Crippen LogP contribution in [-0.2, 0) is 0 Å². The number of benzene rings is 1. The molecule has 0 bridgehead atoms. The SMILES string of the molecule is CCOc1ccc(C2CNC2(C)C)cc1F. The van der Waals surface area contributed by atoms with Gasteiger partial charge in [0.1, 0.15) is 0 Å². The average Bonchev–Trinajstić information content (AvgIpc) is 2.21. The molecule has 0 aromatic heterocycles. The first-order chi connectivity index (χ1) is 7.54.